The number of hydrogen-bond donors (Lipinski definition) is 3. The van der Waals surface area contributed by atoms with Gasteiger partial charge in [0.2, 0.25) is 0 Å². The lowest BCUT2D eigenvalue weighted by atomic mass is 9.79. The lowest BCUT2D eigenvalue weighted by Crippen LogP contribution is -2.20. The number of hydroxylamine groups is 1. The topological polar surface area (TPSA) is 65.1 Å². The first kappa shape index (κ1) is 14.0. The summed E-state index contributed by atoms with van der Waals surface area (Å²) in [7, 11) is 0. The fourth-order valence-corrected chi connectivity index (χ4v) is 3.56. The molecule has 1 amide bonds. The monoisotopic (exact) mass is 306 g/mol. The number of amides is 1. The SMILES string of the molecule is O=C(NO)c1ccc2c(c1)CCC(c1ccc3cc[nH]c3c1)C2. The number of benzene rings is 2. The molecule has 1 unspecified atom stereocenters. The quantitative estimate of drug-likeness (QED) is 0.500. The number of hydrogen-bond acceptors (Lipinski definition) is 2. The zero-order valence-corrected chi connectivity index (χ0v) is 12.7. The van der Waals surface area contributed by atoms with Crippen LogP contribution in [-0.2, 0) is 12.8 Å². The van der Waals surface area contributed by atoms with Gasteiger partial charge in [-0.1, -0.05) is 18.2 Å². The molecule has 0 bridgehead atoms. The van der Waals surface area contributed by atoms with E-state index >= 15 is 0 Å². The molecule has 0 saturated carbocycles. The van der Waals surface area contributed by atoms with Crippen molar-refractivity contribution in [2.24, 2.45) is 0 Å². The van der Waals surface area contributed by atoms with E-state index < -0.39 is 5.91 Å². The molecule has 0 spiro atoms. The molecule has 0 radical (unpaired) electrons. The Morgan fingerprint density at radius 2 is 2.04 bits per heavy atom. The molecule has 1 aliphatic carbocycles. The first-order valence-corrected chi connectivity index (χ1v) is 7.88. The molecule has 0 fully saturated rings. The Balaban J connectivity index is 1.62. The van der Waals surface area contributed by atoms with Gasteiger partial charge in [0.1, 0.15) is 0 Å². The van der Waals surface area contributed by atoms with Gasteiger partial charge in [0.25, 0.3) is 5.91 Å². The number of carbonyl (C=O) groups excluding carboxylic acids is 1. The fourth-order valence-electron chi connectivity index (χ4n) is 3.56. The Hall–Kier alpha value is -2.59. The number of carbonyl (C=O) groups is 1. The van der Waals surface area contributed by atoms with Gasteiger partial charge in [0, 0.05) is 17.3 Å². The molecule has 2 aromatic carbocycles. The minimum Gasteiger partial charge on any atom is -0.361 e. The van der Waals surface area contributed by atoms with Gasteiger partial charge < -0.3 is 4.98 Å². The van der Waals surface area contributed by atoms with Crippen molar-refractivity contribution in [3.05, 3.63) is 70.9 Å². The Bertz CT molecular complexity index is 882. The molecule has 4 nitrogen and oxygen atoms in total. The molecule has 3 aromatic rings. The van der Waals surface area contributed by atoms with Crippen molar-refractivity contribution < 1.29 is 10.0 Å². The van der Waals surface area contributed by atoms with E-state index in [0.717, 1.165) is 19.3 Å². The van der Waals surface area contributed by atoms with E-state index in [2.05, 4.69) is 29.2 Å². The van der Waals surface area contributed by atoms with Gasteiger partial charge in [-0.15, -0.1) is 0 Å². The summed E-state index contributed by atoms with van der Waals surface area (Å²) >= 11 is 0. The number of rotatable bonds is 2. The summed E-state index contributed by atoms with van der Waals surface area (Å²) in [5.41, 5.74) is 7.26. The van der Waals surface area contributed by atoms with Crippen LogP contribution in [0.2, 0.25) is 0 Å². The summed E-state index contributed by atoms with van der Waals surface area (Å²) in [6.45, 7) is 0. The van der Waals surface area contributed by atoms with Gasteiger partial charge in [0.05, 0.1) is 0 Å². The van der Waals surface area contributed by atoms with Crippen LogP contribution in [0.1, 0.15) is 39.4 Å². The van der Waals surface area contributed by atoms with E-state index in [4.69, 9.17) is 5.21 Å². The summed E-state index contributed by atoms with van der Waals surface area (Å²) in [6.07, 6.45) is 4.99. The van der Waals surface area contributed by atoms with Crippen LogP contribution in [0.15, 0.2) is 48.7 Å². The van der Waals surface area contributed by atoms with Crippen LogP contribution < -0.4 is 5.48 Å². The highest BCUT2D eigenvalue weighted by atomic mass is 16.5. The maximum Gasteiger partial charge on any atom is 0.274 e. The minimum absolute atomic E-state index is 0.452. The predicted octanol–water partition coefficient (Wildman–Crippen LogP) is 3.56. The van der Waals surface area contributed by atoms with Gasteiger partial charge in [-0.2, -0.15) is 0 Å². The third-order valence-electron chi connectivity index (χ3n) is 4.85. The van der Waals surface area contributed by atoms with Gasteiger partial charge in [0.15, 0.2) is 0 Å². The normalized spacial score (nSPS) is 17.0. The number of aromatic nitrogens is 1. The average molecular weight is 306 g/mol. The number of aryl methyl sites for hydroxylation is 1. The number of fused-ring (bicyclic) bond motifs is 2. The van der Waals surface area contributed by atoms with Crippen molar-refractivity contribution >= 4 is 16.8 Å². The van der Waals surface area contributed by atoms with Crippen LogP contribution in [0, 0.1) is 0 Å². The molecule has 1 aromatic heterocycles. The summed E-state index contributed by atoms with van der Waals surface area (Å²) in [4.78, 5) is 14.8. The Morgan fingerprint density at radius 1 is 1.13 bits per heavy atom. The van der Waals surface area contributed by atoms with Gasteiger partial charge in [-0.25, -0.2) is 5.48 Å². The molecular weight excluding hydrogens is 288 g/mol. The molecule has 0 aliphatic heterocycles. The highest BCUT2D eigenvalue weighted by Crippen LogP contribution is 2.34. The maximum absolute atomic E-state index is 11.5. The second-order valence-electron chi connectivity index (χ2n) is 6.19. The second kappa shape index (κ2) is 5.56. The second-order valence-corrected chi connectivity index (χ2v) is 6.19. The van der Waals surface area contributed by atoms with Crippen LogP contribution in [0.3, 0.4) is 0 Å². The predicted molar refractivity (Wildman–Crippen MR) is 88.8 cm³/mol. The van der Waals surface area contributed by atoms with Gasteiger partial charge in [-0.3, -0.25) is 10.0 Å². The molecule has 4 rings (SSSR count). The molecule has 1 aliphatic rings. The lowest BCUT2D eigenvalue weighted by Gasteiger charge is -2.25. The van der Waals surface area contributed by atoms with E-state index in [1.54, 1.807) is 11.5 Å². The fraction of sp³-hybridized carbons (Fsp3) is 0.211. The highest BCUT2D eigenvalue weighted by molar-refractivity contribution is 5.93. The molecule has 116 valence electrons. The van der Waals surface area contributed by atoms with E-state index in [9.17, 15) is 4.79 Å². The zero-order chi connectivity index (χ0) is 15.8. The number of nitrogens with one attached hydrogen (secondary N) is 2. The van der Waals surface area contributed by atoms with E-state index in [-0.39, 0.29) is 0 Å². The van der Waals surface area contributed by atoms with E-state index in [1.165, 1.54) is 27.6 Å². The Kier molecular flexibility index (Phi) is 3.39. The Labute approximate surface area is 134 Å². The molecule has 23 heavy (non-hydrogen) atoms. The third-order valence-corrected chi connectivity index (χ3v) is 4.85. The minimum atomic E-state index is -0.452. The first-order valence-electron chi connectivity index (χ1n) is 7.88. The highest BCUT2D eigenvalue weighted by Gasteiger charge is 2.21. The van der Waals surface area contributed by atoms with Crippen LogP contribution in [0.5, 0.6) is 0 Å². The van der Waals surface area contributed by atoms with Crippen molar-refractivity contribution in [2.45, 2.75) is 25.2 Å². The van der Waals surface area contributed by atoms with Gasteiger partial charge in [-0.05, 0) is 71.5 Å². The van der Waals surface area contributed by atoms with Gasteiger partial charge >= 0.3 is 0 Å². The first-order chi connectivity index (χ1) is 11.2. The molecule has 1 heterocycles. The summed E-state index contributed by atoms with van der Waals surface area (Å²) in [6, 6.07) is 14.4. The summed E-state index contributed by atoms with van der Waals surface area (Å²) in [5, 5.41) is 9.99. The maximum atomic E-state index is 11.5. The average Bonchev–Trinajstić information content (AvgIpc) is 3.07. The summed E-state index contributed by atoms with van der Waals surface area (Å²) in [5.74, 6) is 0.0554. The van der Waals surface area contributed by atoms with Crippen LogP contribution in [0.4, 0.5) is 0 Å². The molecular formula is C19H18N2O2. The number of aromatic amines is 1. The largest absolute Gasteiger partial charge is 0.361 e. The van der Waals surface area contributed by atoms with Crippen LogP contribution >= 0.6 is 0 Å². The van der Waals surface area contributed by atoms with Crippen molar-refractivity contribution in [1.29, 1.82) is 0 Å². The summed E-state index contributed by atoms with van der Waals surface area (Å²) < 4.78 is 0. The van der Waals surface area contributed by atoms with Crippen molar-refractivity contribution in [2.75, 3.05) is 0 Å². The third kappa shape index (κ3) is 2.51. The van der Waals surface area contributed by atoms with E-state index in [0.29, 0.717) is 11.5 Å². The Morgan fingerprint density at radius 3 is 2.91 bits per heavy atom. The van der Waals surface area contributed by atoms with Crippen molar-refractivity contribution in [3.63, 3.8) is 0 Å². The molecule has 0 saturated heterocycles. The van der Waals surface area contributed by atoms with E-state index in [1.807, 2.05) is 18.3 Å². The smallest absolute Gasteiger partial charge is 0.274 e. The lowest BCUT2D eigenvalue weighted by molar-refractivity contribution is 0.0706. The molecule has 3 N–H and O–H groups in total. The van der Waals surface area contributed by atoms with Crippen LogP contribution in [0.25, 0.3) is 10.9 Å². The molecule has 1 atom stereocenters. The van der Waals surface area contributed by atoms with Crippen molar-refractivity contribution in [3.8, 4) is 0 Å². The standard InChI is InChI=1S/C19H18N2O2/c22-19(21-23)17-6-5-13-9-14(3-4-15(13)10-17)16-2-1-12-7-8-20-18(12)11-16/h1-2,5-8,10-11,14,20,23H,3-4,9H2,(H,21,22). The number of H-pyrrole nitrogens is 1. The zero-order valence-electron chi connectivity index (χ0n) is 12.7. The van der Waals surface area contributed by atoms with Crippen molar-refractivity contribution in [1.82, 2.24) is 10.5 Å². The van der Waals surface area contributed by atoms with Crippen LogP contribution in [-0.4, -0.2) is 16.1 Å². The molecule has 4 heteroatoms.